The van der Waals surface area contributed by atoms with Crippen molar-refractivity contribution < 1.29 is 9.53 Å². The summed E-state index contributed by atoms with van der Waals surface area (Å²) in [6, 6.07) is 3.66. The highest BCUT2D eigenvalue weighted by Crippen LogP contribution is 2.30. The van der Waals surface area contributed by atoms with Crippen molar-refractivity contribution in [1.29, 1.82) is 0 Å². The molecular formula is C13H15BrClNO2. The molecule has 1 unspecified atom stereocenters. The molecule has 0 bridgehead atoms. The first kappa shape index (κ1) is 13.8. The Hall–Kier alpha value is -0.580. The molecule has 1 heterocycles. The normalized spacial score (nSPS) is 19.6. The van der Waals surface area contributed by atoms with Gasteiger partial charge in [0.05, 0.1) is 18.2 Å². The summed E-state index contributed by atoms with van der Waals surface area (Å²) in [5.74, 6) is -0.0685. The van der Waals surface area contributed by atoms with Crippen molar-refractivity contribution in [2.45, 2.75) is 19.8 Å². The van der Waals surface area contributed by atoms with Crippen LogP contribution in [0.15, 0.2) is 16.6 Å². The first-order chi connectivity index (χ1) is 8.58. The van der Waals surface area contributed by atoms with E-state index in [0.717, 1.165) is 29.5 Å². The molecule has 3 nitrogen and oxygen atoms in total. The number of anilines is 1. The number of nitrogens with one attached hydrogen (secondary N) is 1. The van der Waals surface area contributed by atoms with Crippen LogP contribution in [0.25, 0.3) is 0 Å². The summed E-state index contributed by atoms with van der Waals surface area (Å²) in [6.07, 6.45) is 1.82. The predicted molar refractivity (Wildman–Crippen MR) is 76.1 cm³/mol. The molecule has 1 aromatic rings. The molecule has 98 valence electrons. The minimum atomic E-state index is -0.0641. The minimum Gasteiger partial charge on any atom is -0.381 e. The quantitative estimate of drug-likeness (QED) is 0.895. The standard InChI is InChI=1S/C13H15BrClNO2/c1-8-5-10(14)12(6-11(8)15)16-13(17)9-3-2-4-18-7-9/h5-6,9H,2-4,7H2,1H3,(H,16,17). The molecule has 1 fully saturated rings. The zero-order valence-corrected chi connectivity index (χ0v) is 12.5. The van der Waals surface area contributed by atoms with E-state index in [4.69, 9.17) is 16.3 Å². The lowest BCUT2D eigenvalue weighted by Crippen LogP contribution is -2.30. The number of ether oxygens (including phenoxy) is 1. The summed E-state index contributed by atoms with van der Waals surface area (Å²) in [5, 5.41) is 3.54. The fourth-order valence-corrected chi connectivity index (χ4v) is 2.64. The van der Waals surface area contributed by atoms with Crippen LogP contribution in [-0.2, 0) is 9.53 Å². The largest absolute Gasteiger partial charge is 0.381 e. The number of aryl methyl sites for hydroxylation is 1. The Bertz CT molecular complexity index is 459. The second-order valence-electron chi connectivity index (χ2n) is 4.48. The Balaban J connectivity index is 2.08. The van der Waals surface area contributed by atoms with Gasteiger partial charge in [0.2, 0.25) is 5.91 Å². The van der Waals surface area contributed by atoms with Gasteiger partial charge in [-0.2, -0.15) is 0 Å². The summed E-state index contributed by atoms with van der Waals surface area (Å²) in [6.45, 7) is 3.18. The summed E-state index contributed by atoms with van der Waals surface area (Å²) in [5.41, 5.74) is 1.68. The maximum absolute atomic E-state index is 12.1. The molecule has 0 radical (unpaired) electrons. The molecule has 18 heavy (non-hydrogen) atoms. The molecule has 0 aromatic heterocycles. The average molecular weight is 333 g/mol. The molecule has 1 amide bonds. The van der Waals surface area contributed by atoms with Crippen LogP contribution in [0.1, 0.15) is 18.4 Å². The predicted octanol–water partition coefficient (Wildman–Crippen LogP) is 3.78. The van der Waals surface area contributed by atoms with Crippen LogP contribution < -0.4 is 5.32 Å². The number of hydrogen-bond acceptors (Lipinski definition) is 2. The Labute approximate surface area is 120 Å². The van der Waals surface area contributed by atoms with Crippen LogP contribution in [-0.4, -0.2) is 19.1 Å². The lowest BCUT2D eigenvalue weighted by molar-refractivity contribution is -0.123. The topological polar surface area (TPSA) is 38.3 Å². The smallest absolute Gasteiger partial charge is 0.229 e. The number of halogens is 2. The average Bonchev–Trinajstić information content (AvgIpc) is 2.37. The van der Waals surface area contributed by atoms with Crippen molar-refractivity contribution in [1.82, 2.24) is 0 Å². The summed E-state index contributed by atoms with van der Waals surface area (Å²) >= 11 is 9.49. The SMILES string of the molecule is Cc1cc(Br)c(NC(=O)C2CCCOC2)cc1Cl. The van der Waals surface area contributed by atoms with E-state index < -0.39 is 0 Å². The summed E-state index contributed by atoms with van der Waals surface area (Å²) < 4.78 is 6.16. The first-order valence-corrected chi connectivity index (χ1v) is 7.09. The van der Waals surface area contributed by atoms with Gasteiger partial charge in [-0.25, -0.2) is 0 Å². The van der Waals surface area contributed by atoms with Crippen LogP contribution in [0.5, 0.6) is 0 Å². The van der Waals surface area contributed by atoms with Crippen molar-refractivity contribution in [3.8, 4) is 0 Å². The van der Waals surface area contributed by atoms with E-state index in [9.17, 15) is 4.79 Å². The molecule has 1 aliphatic heterocycles. The molecule has 1 saturated heterocycles. The molecule has 0 aliphatic carbocycles. The van der Waals surface area contributed by atoms with E-state index in [1.165, 1.54) is 0 Å². The number of carbonyl (C=O) groups is 1. The Morgan fingerprint density at radius 2 is 2.33 bits per heavy atom. The molecule has 2 rings (SSSR count). The van der Waals surface area contributed by atoms with Crippen LogP contribution in [0.3, 0.4) is 0 Å². The van der Waals surface area contributed by atoms with Gasteiger partial charge in [-0.15, -0.1) is 0 Å². The molecule has 0 saturated carbocycles. The Kier molecular flexibility index (Phi) is 4.65. The minimum absolute atomic E-state index is 0.00433. The van der Waals surface area contributed by atoms with E-state index in [1.807, 2.05) is 13.0 Å². The molecule has 0 spiro atoms. The zero-order valence-electron chi connectivity index (χ0n) is 10.1. The van der Waals surface area contributed by atoms with Crippen LogP contribution in [0.4, 0.5) is 5.69 Å². The molecular weight excluding hydrogens is 318 g/mol. The number of amides is 1. The number of rotatable bonds is 2. The van der Waals surface area contributed by atoms with Gasteiger partial charge in [-0.05, 0) is 53.4 Å². The van der Waals surface area contributed by atoms with E-state index in [2.05, 4.69) is 21.2 Å². The van der Waals surface area contributed by atoms with Gasteiger partial charge in [0.25, 0.3) is 0 Å². The van der Waals surface area contributed by atoms with Gasteiger partial charge in [0.15, 0.2) is 0 Å². The van der Waals surface area contributed by atoms with E-state index in [0.29, 0.717) is 17.3 Å². The highest BCUT2D eigenvalue weighted by atomic mass is 79.9. The van der Waals surface area contributed by atoms with Crippen molar-refractivity contribution in [2.24, 2.45) is 5.92 Å². The van der Waals surface area contributed by atoms with Crippen LogP contribution in [0, 0.1) is 12.8 Å². The monoisotopic (exact) mass is 331 g/mol. The molecule has 5 heteroatoms. The van der Waals surface area contributed by atoms with Crippen LogP contribution in [0.2, 0.25) is 5.02 Å². The maximum Gasteiger partial charge on any atom is 0.229 e. The fourth-order valence-electron chi connectivity index (χ4n) is 1.92. The molecule has 1 N–H and O–H groups in total. The fraction of sp³-hybridized carbons (Fsp3) is 0.462. The van der Waals surface area contributed by atoms with Crippen molar-refractivity contribution in [2.75, 3.05) is 18.5 Å². The Morgan fingerprint density at radius 1 is 1.56 bits per heavy atom. The summed E-state index contributed by atoms with van der Waals surface area (Å²) in [4.78, 5) is 12.1. The number of carbonyl (C=O) groups excluding carboxylic acids is 1. The van der Waals surface area contributed by atoms with Gasteiger partial charge >= 0.3 is 0 Å². The lowest BCUT2D eigenvalue weighted by Gasteiger charge is -2.21. The molecule has 1 atom stereocenters. The van der Waals surface area contributed by atoms with Crippen molar-refractivity contribution >= 4 is 39.1 Å². The lowest BCUT2D eigenvalue weighted by atomic mass is 10.0. The van der Waals surface area contributed by atoms with E-state index in [1.54, 1.807) is 6.07 Å². The third-order valence-electron chi connectivity index (χ3n) is 3.04. The third-order valence-corrected chi connectivity index (χ3v) is 4.10. The summed E-state index contributed by atoms with van der Waals surface area (Å²) in [7, 11) is 0. The molecule has 1 aromatic carbocycles. The Morgan fingerprint density at radius 3 is 3.00 bits per heavy atom. The van der Waals surface area contributed by atoms with E-state index >= 15 is 0 Å². The van der Waals surface area contributed by atoms with Crippen LogP contribution >= 0.6 is 27.5 Å². The van der Waals surface area contributed by atoms with Crippen molar-refractivity contribution in [3.05, 3.63) is 27.2 Å². The van der Waals surface area contributed by atoms with Gasteiger partial charge in [-0.1, -0.05) is 11.6 Å². The van der Waals surface area contributed by atoms with Gasteiger partial charge in [0, 0.05) is 16.1 Å². The van der Waals surface area contributed by atoms with Gasteiger partial charge in [-0.3, -0.25) is 4.79 Å². The van der Waals surface area contributed by atoms with Gasteiger partial charge < -0.3 is 10.1 Å². The third kappa shape index (κ3) is 3.25. The second-order valence-corrected chi connectivity index (χ2v) is 5.75. The maximum atomic E-state index is 12.1. The zero-order chi connectivity index (χ0) is 13.1. The number of benzene rings is 1. The number of hydrogen-bond donors (Lipinski definition) is 1. The highest BCUT2D eigenvalue weighted by Gasteiger charge is 2.22. The highest BCUT2D eigenvalue weighted by molar-refractivity contribution is 9.10. The van der Waals surface area contributed by atoms with Gasteiger partial charge in [0.1, 0.15) is 0 Å². The first-order valence-electron chi connectivity index (χ1n) is 5.92. The van der Waals surface area contributed by atoms with E-state index in [-0.39, 0.29) is 11.8 Å². The molecule has 1 aliphatic rings. The second kappa shape index (κ2) is 6.04. The van der Waals surface area contributed by atoms with Crippen molar-refractivity contribution in [3.63, 3.8) is 0 Å².